The summed E-state index contributed by atoms with van der Waals surface area (Å²) in [6, 6.07) is 11.4. The number of rotatable bonds is 5. The second-order valence-corrected chi connectivity index (χ2v) is 7.08. The molecule has 1 saturated heterocycles. The highest BCUT2D eigenvalue weighted by Crippen LogP contribution is 2.23. The van der Waals surface area contributed by atoms with Crippen LogP contribution in [0.25, 0.3) is 5.69 Å². The number of piperidine rings is 1. The third-order valence-corrected chi connectivity index (χ3v) is 4.93. The molecular formula is C21H23N5O2. The van der Waals surface area contributed by atoms with E-state index in [4.69, 9.17) is 4.74 Å². The topological polar surface area (TPSA) is 73.1 Å². The van der Waals surface area contributed by atoms with Crippen LogP contribution in [0.2, 0.25) is 0 Å². The smallest absolute Gasteiger partial charge is 0.256 e. The van der Waals surface area contributed by atoms with Gasteiger partial charge in [0, 0.05) is 31.3 Å². The average Bonchev–Trinajstić information content (AvgIpc) is 3.27. The number of hydrogen-bond donors (Lipinski definition) is 0. The molecule has 3 heterocycles. The zero-order valence-electron chi connectivity index (χ0n) is 15.9. The molecule has 1 fully saturated rings. The Morgan fingerprint density at radius 1 is 1.18 bits per heavy atom. The quantitative estimate of drug-likeness (QED) is 0.684. The SMILES string of the molecule is Cc1ccc(-n2nccn2)c(C(=O)N2CCC[C@@H](COc3ccccn3)C2)c1. The number of amides is 1. The van der Waals surface area contributed by atoms with Crippen molar-refractivity contribution in [1.29, 1.82) is 0 Å². The Balaban J connectivity index is 1.48. The van der Waals surface area contributed by atoms with Crippen molar-refractivity contribution in [2.75, 3.05) is 19.7 Å². The summed E-state index contributed by atoms with van der Waals surface area (Å²) in [6.07, 6.45) is 6.94. The highest BCUT2D eigenvalue weighted by molar-refractivity contribution is 5.98. The average molecular weight is 377 g/mol. The van der Waals surface area contributed by atoms with Crippen molar-refractivity contribution in [3.8, 4) is 11.6 Å². The van der Waals surface area contributed by atoms with Crippen LogP contribution in [0.1, 0.15) is 28.8 Å². The minimum atomic E-state index is 0.0125. The van der Waals surface area contributed by atoms with E-state index in [0.717, 1.165) is 24.9 Å². The van der Waals surface area contributed by atoms with Gasteiger partial charge in [0.1, 0.15) is 0 Å². The molecule has 0 aliphatic carbocycles. The van der Waals surface area contributed by atoms with Gasteiger partial charge in [0.05, 0.1) is 30.3 Å². The van der Waals surface area contributed by atoms with Gasteiger partial charge in [-0.25, -0.2) is 4.98 Å². The van der Waals surface area contributed by atoms with Gasteiger partial charge in [0.25, 0.3) is 5.91 Å². The summed E-state index contributed by atoms with van der Waals surface area (Å²) < 4.78 is 5.81. The van der Waals surface area contributed by atoms with Gasteiger partial charge in [-0.1, -0.05) is 17.7 Å². The fraction of sp³-hybridized carbons (Fsp3) is 0.333. The molecule has 0 spiro atoms. The van der Waals surface area contributed by atoms with Crippen molar-refractivity contribution in [3.63, 3.8) is 0 Å². The lowest BCUT2D eigenvalue weighted by molar-refractivity contribution is 0.0631. The molecule has 1 amide bonds. The fourth-order valence-corrected chi connectivity index (χ4v) is 3.53. The summed E-state index contributed by atoms with van der Waals surface area (Å²) in [7, 11) is 0. The predicted molar refractivity (Wildman–Crippen MR) is 104 cm³/mol. The number of ether oxygens (including phenoxy) is 1. The molecule has 28 heavy (non-hydrogen) atoms. The van der Waals surface area contributed by atoms with Crippen LogP contribution < -0.4 is 4.74 Å². The first-order chi connectivity index (χ1) is 13.7. The number of carbonyl (C=O) groups is 1. The van der Waals surface area contributed by atoms with E-state index in [1.165, 1.54) is 4.80 Å². The molecule has 0 radical (unpaired) electrons. The Morgan fingerprint density at radius 3 is 2.82 bits per heavy atom. The van der Waals surface area contributed by atoms with Crippen LogP contribution in [-0.4, -0.2) is 50.5 Å². The van der Waals surface area contributed by atoms with E-state index in [1.54, 1.807) is 18.6 Å². The normalized spacial score (nSPS) is 16.8. The number of likely N-dealkylation sites (tertiary alicyclic amines) is 1. The Kier molecular flexibility index (Phi) is 5.32. The zero-order valence-corrected chi connectivity index (χ0v) is 15.9. The second kappa shape index (κ2) is 8.21. The molecule has 144 valence electrons. The van der Waals surface area contributed by atoms with Gasteiger partial charge in [-0.05, 0) is 38.0 Å². The summed E-state index contributed by atoms with van der Waals surface area (Å²) in [6.45, 7) is 3.96. The van der Waals surface area contributed by atoms with E-state index in [9.17, 15) is 4.79 Å². The van der Waals surface area contributed by atoms with E-state index in [1.807, 2.05) is 48.2 Å². The maximum absolute atomic E-state index is 13.3. The third kappa shape index (κ3) is 4.03. The van der Waals surface area contributed by atoms with Crippen LogP contribution in [0, 0.1) is 12.8 Å². The largest absolute Gasteiger partial charge is 0.477 e. The van der Waals surface area contributed by atoms with Crippen molar-refractivity contribution in [1.82, 2.24) is 24.9 Å². The molecule has 7 heteroatoms. The Labute approximate surface area is 164 Å². The Bertz CT molecular complexity index is 927. The van der Waals surface area contributed by atoms with Gasteiger partial charge < -0.3 is 9.64 Å². The number of pyridine rings is 1. The Hall–Kier alpha value is -3.22. The first-order valence-corrected chi connectivity index (χ1v) is 9.51. The summed E-state index contributed by atoms with van der Waals surface area (Å²) in [4.78, 5) is 20.9. The molecule has 3 aromatic rings. The predicted octanol–water partition coefficient (Wildman–Crippen LogP) is 2.90. The van der Waals surface area contributed by atoms with Crippen LogP contribution >= 0.6 is 0 Å². The van der Waals surface area contributed by atoms with E-state index in [-0.39, 0.29) is 11.8 Å². The van der Waals surface area contributed by atoms with E-state index in [0.29, 0.717) is 30.3 Å². The van der Waals surface area contributed by atoms with Crippen LogP contribution in [0.15, 0.2) is 55.0 Å². The number of aromatic nitrogens is 4. The van der Waals surface area contributed by atoms with Crippen molar-refractivity contribution in [3.05, 3.63) is 66.1 Å². The van der Waals surface area contributed by atoms with Gasteiger partial charge in [-0.2, -0.15) is 15.0 Å². The molecule has 0 unspecified atom stereocenters. The Morgan fingerprint density at radius 2 is 2.04 bits per heavy atom. The van der Waals surface area contributed by atoms with Crippen LogP contribution in [-0.2, 0) is 0 Å². The molecule has 1 aliphatic rings. The van der Waals surface area contributed by atoms with Gasteiger partial charge >= 0.3 is 0 Å². The third-order valence-electron chi connectivity index (χ3n) is 4.93. The maximum Gasteiger partial charge on any atom is 0.256 e. The molecule has 1 atom stereocenters. The standard InChI is InChI=1S/C21H23N5O2/c1-16-7-8-19(26-23-10-11-24-26)18(13-16)21(27)25-12-4-5-17(14-25)15-28-20-6-2-3-9-22-20/h2-3,6-11,13,17H,4-5,12,14-15H2,1H3/t17-/m1/s1. The van der Waals surface area contributed by atoms with Crippen molar-refractivity contribution >= 4 is 5.91 Å². The maximum atomic E-state index is 13.3. The second-order valence-electron chi connectivity index (χ2n) is 7.08. The molecule has 0 bridgehead atoms. The first kappa shape index (κ1) is 18.2. The molecule has 4 rings (SSSR count). The van der Waals surface area contributed by atoms with Gasteiger partial charge in [-0.3, -0.25) is 4.79 Å². The molecule has 2 aromatic heterocycles. The molecule has 0 saturated carbocycles. The van der Waals surface area contributed by atoms with E-state index >= 15 is 0 Å². The summed E-state index contributed by atoms with van der Waals surface area (Å²) in [5.74, 6) is 0.922. The number of carbonyl (C=O) groups excluding carboxylic acids is 1. The highest BCUT2D eigenvalue weighted by Gasteiger charge is 2.27. The fourth-order valence-electron chi connectivity index (χ4n) is 3.53. The number of hydrogen-bond acceptors (Lipinski definition) is 5. The monoisotopic (exact) mass is 377 g/mol. The van der Waals surface area contributed by atoms with Crippen LogP contribution in [0.5, 0.6) is 5.88 Å². The van der Waals surface area contributed by atoms with Crippen molar-refractivity contribution < 1.29 is 9.53 Å². The lowest BCUT2D eigenvalue weighted by atomic mass is 9.97. The van der Waals surface area contributed by atoms with Gasteiger partial charge in [-0.15, -0.1) is 0 Å². The van der Waals surface area contributed by atoms with E-state index in [2.05, 4.69) is 15.2 Å². The first-order valence-electron chi connectivity index (χ1n) is 9.51. The summed E-state index contributed by atoms with van der Waals surface area (Å²) >= 11 is 0. The van der Waals surface area contributed by atoms with Crippen LogP contribution in [0.3, 0.4) is 0 Å². The molecule has 1 aliphatic heterocycles. The van der Waals surface area contributed by atoms with Crippen molar-refractivity contribution in [2.45, 2.75) is 19.8 Å². The lowest BCUT2D eigenvalue weighted by Gasteiger charge is -2.33. The molecule has 0 N–H and O–H groups in total. The summed E-state index contributed by atoms with van der Waals surface area (Å²) in [5, 5.41) is 8.38. The summed E-state index contributed by atoms with van der Waals surface area (Å²) in [5.41, 5.74) is 2.36. The van der Waals surface area contributed by atoms with Gasteiger partial charge in [0.15, 0.2) is 0 Å². The number of aryl methyl sites for hydroxylation is 1. The molecular weight excluding hydrogens is 354 g/mol. The number of benzene rings is 1. The molecule has 7 nitrogen and oxygen atoms in total. The minimum absolute atomic E-state index is 0.0125. The van der Waals surface area contributed by atoms with Gasteiger partial charge in [0.2, 0.25) is 5.88 Å². The molecule has 1 aromatic carbocycles. The highest BCUT2D eigenvalue weighted by atomic mass is 16.5. The number of nitrogens with zero attached hydrogens (tertiary/aromatic N) is 5. The van der Waals surface area contributed by atoms with E-state index < -0.39 is 0 Å². The van der Waals surface area contributed by atoms with Crippen molar-refractivity contribution in [2.24, 2.45) is 5.92 Å². The minimum Gasteiger partial charge on any atom is -0.477 e. The lowest BCUT2D eigenvalue weighted by Crippen LogP contribution is -2.42. The van der Waals surface area contributed by atoms with Crippen LogP contribution in [0.4, 0.5) is 0 Å². The zero-order chi connectivity index (χ0) is 19.3.